The topological polar surface area (TPSA) is 84.0 Å². The molecule has 0 fully saturated rings. The Morgan fingerprint density at radius 3 is 3.12 bits per heavy atom. The van der Waals surface area contributed by atoms with Crippen molar-refractivity contribution >= 4 is 16.8 Å². The molecule has 1 heterocycles. The number of hydrogen-bond donors (Lipinski definition) is 3. The first-order chi connectivity index (χ1) is 8.19. The van der Waals surface area contributed by atoms with Crippen molar-refractivity contribution in [2.24, 2.45) is 11.7 Å². The number of nitrogens with two attached hydrogens (primary N) is 1. The van der Waals surface area contributed by atoms with Gasteiger partial charge in [0.25, 0.3) is 0 Å². The van der Waals surface area contributed by atoms with Crippen LogP contribution in [0.15, 0.2) is 27.4 Å². The molecule has 1 atom stereocenters. The number of aromatic nitrogens is 1. The third kappa shape index (κ3) is 2.88. The van der Waals surface area contributed by atoms with Gasteiger partial charge in [0, 0.05) is 12.2 Å². The number of hydrogen-bond acceptors (Lipinski definition) is 4. The molecular formula is C12H17N3O2. The zero-order valence-corrected chi connectivity index (χ0v) is 9.82. The average molecular weight is 235 g/mol. The first kappa shape index (κ1) is 11.7. The van der Waals surface area contributed by atoms with E-state index in [2.05, 4.69) is 17.2 Å². The van der Waals surface area contributed by atoms with Gasteiger partial charge in [-0.25, -0.2) is 4.79 Å². The van der Waals surface area contributed by atoms with Crippen LogP contribution < -0.4 is 16.8 Å². The van der Waals surface area contributed by atoms with Gasteiger partial charge >= 0.3 is 5.76 Å². The Bertz CT molecular complexity index is 544. The van der Waals surface area contributed by atoms with E-state index in [1.54, 1.807) is 6.07 Å². The van der Waals surface area contributed by atoms with Gasteiger partial charge in [-0.15, -0.1) is 0 Å². The molecule has 5 heteroatoms. The summed E-state index contributed by atoms with van der Waals surface area (Å²) >= 11 is 0. The van der Waals surface area contributed by atoms with E-state index >= 15 is 0 Å². The summed E-state index contributed by atoms with van der Waals surface area (Å²) in [7, 11) is 0. The first-order valence-corrected chi connectivity index (χ1v) is 5.76. The number of anilines is 1. The van der Waals surface area contributed by atoms with Gasteiger partial charge in [-0.05, 0) is 37.1 Å². The molecule has 92 valence electrons. The molecule has 0 bridgehead atoms. The molecule has 5 nitrogen and oxygen atoms in total. The lowest BCUT2D eigenvalue weighted by Crippen LogP contribution is -2.15. The number of oxazole rings is 1. The molecule has 0 spiro atoms. The predicted octanol–water partition coefficient (Wildman–Crippen LogP) is 1.52. The van der Waals surface area contributed by atoms with Crippen molar-refractivity contribution < 1.29 is 4.42 Å². The number of benzene rings is 1. The van der Waals surface area contributed by atoms with Crippen LogP contribution in [-0.2, 0) is 0 Å². The maximum Gasteiger partial charge on any atom is 0.417 e. The zero-order valence-electron chi connectivity index (χ0n) is 9.82. The van der Waals surface area contributed by atoms with Crippen molar-refractivity contribution in [1.29, 1.82) is 0 Å². The second kappa shape index (κ2) is 5.05. The Morgan fingerprint density at radius 2 is 2.35 bits per heavy atom. The molecule has 0 aliphatic carbocycles. The maximum absolute atomic E-state index is 11.0. The van der Waals surface area contributed by atoms with Crippen LogP contribution in [0.4, 0.5) is 5.69 Å². The van der Waals surface area contributed by atoms with Gasteiger partial charge in [0.15, 0.2) is 5.58 Å². The van der Waals surface area contributed by atoms with Crippen LogP contribution in [0.5, 0.6) is 0 Å². The Labute approximate surface area is 99.0 Å². The Balaban J connectivity index is 2.06. The third-order valence-corrected chi connectivity index (χ3v) is 2.73. The van der Waals surface area contributed by atoms with E-state index in [4.69, 9.17) is 10.2 Å². The fourth-order valence-electron chi connectivity index (χ4n) is 1.74. The van der Waals surface area contributed by atoms with Crippen LogP contribution in [-0.4, -0.2) is 18.1 Å². The van der Waals surface area contributed by atoms with Crippen molar-refractivity contribution in [2.45, 2.75) is 13.3 Å². The lowest BCUT2D eigenvalue weighted by atomic mass is 10.1. The molecule has 0 radical (unpaired) electrons. The van der Waals surface area contributed by atoms with Crippen LogP contribution in [0.1, 0.15) is 13.3 Å². The van der Waals surface area contributed by atoms with Crippen molar-refractivity contribution in [1.82, 2.24) is 4.98 Å². The average Bonchev–Trinajstić information content (AvgIpc) is 2.66. The quantitative estimate of drug-likeness (QED) is 0.733. The number of aromatic amines is 1. The van der Waals surface area contributed by atoms with Crippen molar-refractivity contribution in [3.8, 4) is 0 Å². The Kier molecular flexibility index (Phi) is 3.49. The Hall–Kier alpha value is -1.75. The van der Waals surface area contributed by atoms with E-state index < -0.39 is 5.76 Å². The van der Waals surface area contributed by atoms with Gasteiger partial charge in [0.1, 0.15) is 0 Å². The molecule has 4 N–H and O–H groups in total. The molecule has 0 saturated carbocycles. The highest BCUT2D eigenvalue weighted by molar-refractivity contribution is 5.76. The molecular weight excluding hydrogens is 218 g/mol. The highest BCUT2D eigenvalue weighted by atomic mass is 16.4. The summed E-state index contributed by atoms with van der Waals surface area (Å²) in [6.45, 7) is 3.72. The van der Waals surface area contributed by atoms with E-state index in [1.165, 1.54) is 0 Å². The first-order valence-electron chi connectivity index (χ1n) is 5.76. The van der Waals surface area contributed by atoms with Crippen LogP contribution in [0.25, 0.3) is 11.1 Å². The van der Waals surface area contributed by atoms with Crippen LogP contribution in [0.3, 0.4) is 0 Å². The van der Waals surface area contributed by atoms with Gasteiger partial charge in [0.2, 0.25) is 0 Å². The zero-order chi connectivity index (χ0) is 12.3. The van der Waals surface area contributed by atoms with Crippen molar-refractivity contribution in [2.75, 3.05) is 18.4 Å². The summed E-state index contributed by atoms with van der Waals surface area (Å²) in [6.07, 6.45) is 0.998. The van der Waals surface area contributed by atoms with E-state index in [0.29, 0.717) is 23.6 Å². The van der Waals surface area contributed by atoms with Crippen molar-refractivity contribution in [3.63, 3.8) is 0 Å². The normalized spacial score (nSPS) is 12.8. The molecule has 1 aromatic carbocycles. The largest absolute Gasteiger partial charge is 0.417 e. The summed E-state index contributed by atoms with van der Waals surface area (Å²) in [5, 5.41) is 3.31. The van der Waals surface area contributed by atoms with E-state index in [9.17, 15) is 4.79 Å². The van der Waals surface area contributed by atoms with E-state index in [1.807, 2.05) is 12.1 Å². The maximum atomic E-state index is 11.0. The monoisotopic (exact) mass is 235 g/mol. The molecule has 0 amide bonds. The molecule has 0 saturated heterocycles. The van der Waals surface area contributed by atoms with Crippen LogP contribution in [0, 0.1) is 5.92 Å². The molecule has 0 aliphatic heterocycles. The van der Waals surface area contributed by atoms with Gasteiger partial charge in [-0.3, -0.25) is 4.98 Å². The molecule has 17 heavy (non-hydrogen) atoms. The fourth-order valence-corrected chi connectivity index (χ4v) is 1.74. The summed E-state index contributed by atoms with van der Waals surface area (Å²) in [5.74, 6) is 0.104. The summed E-state index contributed by atoms with van der Waals surface area (Å²) in [6, 6.07) is 5.55. The minimum atomic E-state index is -0.423. The highest BCUT2D eigenvalue weighted by Gasteiger charge is 2.03. The van der Waals surface area contributed by atoms with E-state index in [-0.39, 0.29) is 0 Å². The van der Waals surface area contributed by atoms with Gasteiger partial charge in [-0.1, -0.05) is 6.92 Å². The summed E-state index contributed by atoms with van der Waals surface area (Å²) < 4.78 is 4.93. The summed E-state index contributed by atoms with van der Waals surface area (Å²) in [4.78, 5) is 13.6. The molecule has 1 aromatic heterocycles. The van der Waals surface area contributed by atoms with Gasteiger partial charge in [0.05, 0.1) is 5.52 Å². The lowest BCUT2D eigenvalue weighted by molar-refractivity contribution is 0.555. The fraction of sp³-hybridized carbons (Fsp3) is 0.417. The van der Waals surface area contributed by atoms with Crippen LogP contribution in [0.2, 0.25) is 0 Å². The van der Waals surface area contributed by atoms with Crippen LogP contribution >= 0.6 is 0 Å². The highest BCUT2D eigenvalue weighted by Crippen LogP contribution is 2.16. The number of fused-ring (bicyclic) bond motifs is 1. The molecule has 0 aliphatic rings. The number of nitrogens with one attached hydrogen (secondary N) is 2. The minimum absolute atomic E-state index is 0.423. The molecule has 2 aromatic rings. The van der Waals surface area contributed by atoms with E-state index in [0.717, 1.165) is 18.7 Å². The number of H-pyrrole nitrogens is 1. The second-order valence-electron chi connectivity index (χ2n) is 4.29. The Morgan fingerprint density at radius 1 is 1.53 bits per heavy atom. The third-order valence-electron chi connectivity index (χ3n) is 2.73. The van der Waals surface area contributed by atoms with Gasteiger partial charge < -0.3 is 15.5 Å². The summed E-state index contributed by atoms with van der Waals surface area (Å²) in [5.41, 5.74) is 7.76. The minimum Gasteiger partial charge on any atom is -0.408 e. The lowest BCUT2D eigenvalue weighted by Gasteiger charge is -2.12. The predicted molar refractivity (Wildman–Crippen MR) is 68.2 cm³/mol. The molecule has 2 rings (SSSR count). The second-order valence-corrected chi connectivity index (χ2v) is 4.29. The van der Waals surface area contributed by atoms with Crippen molar-refractivity contribution in [3.05, 3.63) is 28.7 Å². The smallest absolute Gasteiger partial charge is 0.408 e. The number of rotatable bonds is 5. The molecule has 1 unspecified atom stereocenters. The SMILES string of the molecule is CC(CCN)CNc1ccc2oc(=O)[nH]c2c1. The standard InChI is InChI=1S/C12H17N3O2/c1-8(4-5-13)7-14-9-2-3-11-10(6-9)15-12(16)17-11/h2-3,6,8,14H,4-5,7,13H2,1H3,(H,15,16). The van der Waals surface area contributed by atoms with Gasteiger partial charge in [-0.2, -0.15) is 0 Å².